The average Bonchev–Trinajstić information content (AvgIpc) is 2.45. The second-order valence-corrected chi connectivity index (χ2v) is 5.11. The Kier molecular flexibility index (Phi) is 10.7. The first-order valence-corrected chi connectivity index (χ1v) is 7.17. The van der Waals surface area contributed by atoms with Crippen molar-refractivity contribution in [1.82, 2.24) is 10.6 Å². The van der Waals surface area contributed by atoms with Crippen LogP contribution < -0.4 is 10.6 Å². The molecule has 0 aliphatic rings. The van der Waals surface area contributed by atoms with Crippen LogP contribution in [-0.2, 0) is 6.54 Å². The largest absolute Gasteiger partial charge is 0.357 e. The van der Waals surface area contributed by atoms with Gasteiger partial charge in [-0.05, 0) is 37.0 Å². The Labute approximate surface area is 145 Å². The number of aliphatic imine (C=N–C) groups is 1. The minimum absolute atomic E-state index is 0. The Morgan fingerprint density at radius 3 is 2.43 bits per heavy atom. The highest BCUT2D eigenvalue weighted by atomic mass is 127. The zero-order valence-electron chi connectivity index (χ0n) is 13.0. The van der Waals surface area contributed by atoms with Crippen molar-refractivity contribution < 1.29 is 0 Å². The number of nitrogens with one attached hydrogen (secondary N) is 2. The summed E-state index contributed by atoms with van der Waals surface area (Å²) >= 11 is 0. The molecule has 1 aromatic carbocycles. The normalized spacial score (nSPS) is 10.7. The van der Waals surface area contributed by atoms with E-state index in [-0.39, 0.29) is 24.0 Å². The van der Waals surface area contributed by atoms with Crippen molar-refractivity contribution in [3.8, 4) is 6.07 Å². The topological polar surface area (TPSA) is 60.2 Å². The summed E-state index contributed by atoms with van der Waals surface area (Å²) in [6, 6.07) is 9.65. The summed E-state index contributed by atoms with van der Waals surface area (Å²) in [5.74, 6) is 1.53. The van der Waals surface area contributed by atoms with Gasteiger partial charge in [0.05, 0.1) is 18.2 Å². The van der Waals surface area contributed by atoms with E-state index in [1.54, 1.807) is 0 Å². The summed E-state index contributed by atoms with van der Waals surface area (Å²) in [5, 5.41) is 15.3. The SMILES string of the molecule is CCNC(=NCc1ccc(C#N)cc1)NCCC(C)C.I. The Hall–Kier alpha value is -1.29. The van der Waals surface area contributed by atoms with Gasteiger partial charge in [-0.1, -0.05) is 26.0 Å². The van der Waals surface area contributed by atoms with Gasteiger partial charge in [0, 0.05) is 13.1 Å². The molecule has 0 fully saturated rings. The molecule has 0 unspecified atom stereocenters. The zero-order valence-corrected chi connectivity index (χ0v) is 15.3. The van der Waals surface area contributed by atoms with Gasteiger partial charge in [0.25, 0.3) is 0 Å². The molecule has 0 aliphatic heterocycles. The van der Waals surface area contributed by atoms with Gasteiger partial charge in [-0.3, -0.25) is 0 Å². The van der Waals surface area contributed by atoms with E-state index in [4.69, 9.17) is 5.26 Å². The molecule has 116 valence electrons. The van der Waals surface area contributed by atoms with Crippen LogP contribution in [0.4, 0.5) is 0 Å². The lowest BCUT2D eigenvalue weighted by Crippen LogP contribution is -2.38. The quantitative estimate of drug-likeness (QED) is 0.438. The number of hydrogen-bond donors (Lipinski definition) is 2. The number of nitrogens with zero attached hydrogens (tertiary/aromatic N) is 2. The Bertz CT molecular complexity index is 460. The standard InChI is InChI=1S/C16H24N4.HI/c1-4-18-16(19-10-9-13(2)3)20-12-15-7-5-14(11-17)6-8-15;/h5-8,13H,4,9-10,12H2,1-3H3,(H2,18,19,20);1H. The van der Waals surface area contributed by atoms with E-state index in [9.17, 15) is 0 Å². The minimum atomic E-state index is 0. The van der Waals surface area contributed by atoms with Crippen LogP contribution >= 0.6 is 24.0 Å². The first-order chi connectivity index (χ1) is 9.65. The summed E-state index contributed by atoms with van der Waals surface area (Å²) in [5.41, 5.74) is 1.78. The van der Waals surface area contributed by atoms with Crippen molar-refractivity contribution in [3.63, 3.8) is 0 Å². The van der Waals surface area contributed by atoms with Crippen LogP contribution in [0.25, 0.3) is 0 Å². The molecule has 0 radical (unpaired) electrons. The number of benzene rings is 1. The molecule has 0 aliphatic carbocycles. The maximum atomic E-state index is 8.76. The van der Waals surface area contributed by atoms with E-state index < -0.39 is 0 Å². The van der Waals surface area contributed by atoms with Crippen molar-refractivity contribution in [2.75, 3.05) is 13.1 Å². The van der Waals surface area contributed by atoms with E-state index in [1.165, 1.54) is 0 Å². The molecular weight excluding hydrogens is 375 g/mol. The van der Waals surface area contributed by atoms with Crippen molar-refractivity contribution >= 4 is 29.9 Å². The van der Waals surface area contributed by atoms with Crippen molar-refractivity contribution in [2.45, 2.75) is 33.7 Å². The summed E-state index contributed by atoms with van der Waals surface area (Å²) in [7, 11) is 0. The third-order valence-corrected chi connectivity index (χ3v) is 2.86. The fourth-order valence-electron chi connectivity index (χ4n) is 1.68. The van der Waals surface area contributed by atoms with Crippen LogP contribution in [0.2, 0.25) is 0 Å². The number of nitriles is 1. The summed E-state index contributed by atoms with van der Waals surface area (Å²) < 4.78 is 0. The second-order valence-electron chi connectivity index (χ2n) is 5.11. The minimum Gasteiger partial charge on any atom is -0.357 e. The molecule has 0 atom stereocenters. The van der Waals surface area contributed by atoms with Gasteiger partial charge in [0.1, 0.15) is 0 Å². The number of guanidine groups is 1. The van der Waals surface area contributed by atoms with Crippen molar-refractivity contribution in [2.24, 2.45) is 10.9 Å². The van der Waals surface area contributed by atoms with Gasteiger partial charge in [0.2, 0.25) is 0 Å². The highest BCUT2D eigenvalue weighted by molar-refractivity contribution is 14.0. The number of hydrogen-bond acceptors (Lipinski definition) is 2. The van der Waals surface area contributed by atoms with Gasteiger partial charge in [-0.2, -0.15) is 5.26 Å². The molecule has 2 N–H and O–H groups in total. The van der Waals surface area contributed by atoms with Crippen LogP contribution in [0.1, 0.15) is 38.3 Å². The van der Waals surface area contributed by atoms with E-state index in [1.807, 2.05) is 24.3 Å². The molecule has 21 heavy (non-hydrogen) atoms. The predicted octanol–water partition coefficient (Wildman–Crippen LogP) is 3.28. The number of rotatable bonds is 6. The van der Waals surface area contributed by atoms with E-state index in [0.717, 1.165) is 31.0 Å². The summed E-state index contributed by atoms with van der Waals surface area (Å²) in [6.45, 7) is 8.87. The molecule has 0 amide bonds. The molecule has 0 saturated heterocycles. The molecule has 5 heteroatoms. The van der Waals surface area contributed by atoms with Gasteiger partial charge in [-0.15, -0.1) is 24.0 Å². The molecule has 1 aromatic rings. The molecule has 0 spiro atoms. The maximum Gasteiger partial charge on any atom is 0.191 e. The predicted molar refractivity (Wildman–Crippen MR) is 98.8 cm³/mol. The fourth-order valence-corrected chi connectivity index (χ4v) is 1.68. The van der Waals surface area contributed by atoms with Crippen LogP contribution in [0.5, 0.6) is 0 Å². The molecule has 0 aromatic heterocycles. The molecular formula is C16H25IN4. The fraction of sp³-hybridized carbons (Fsp3) is 0.500. The Morgan fingerprint density at radius 2 is 1.90 bits per heavy atom. The van der Waals surface area contributed by atoms with Gasteiger partial charge in [0.15, 0.2) is 5.96 Å². The van der Waals surface area contributed by atoms with Crippen molar-refractivity contribution in [3.05, 3.63) is 35.4 Å². The van der Waals surface area contributed by atoms with E-state index in [2.05, 4.69) is 42.5 Å². The highest BCUT2D eigenvalue weighted by Gasteiger charge is 1.99. The smallest absolute Gasteiger partial charge is 0.191 e. The molecule has 4 nitrogen and oxygen atoms in total. The lowest BCUT2D eigenvalue weighted by Gasteiger charge is -2.12. The van der Waals surface area contributed by atoms with E-state index in [0.29, 0.717) is 18.0 Å². The van der Waals surface area contributed by atoms with E-state index >= 15 is 0 Å². The monoisotopic (exact) mass is 400 g/mol. The average molecular weight is 400 g/mol. The Morgan fingerprint density at radius 1 is 1.24 bits per heavy atom. The van der Waals surface area contributed by atoms with Crippen LogP contribution in [0.15, 0.2) is 29.3 Å². The first-order valence-electron chi connectivity index (χ1n) is 7.17. The zero-order chi connectivity index (χ0) is 14.8. The number of halogens is 1. The van der Waals surface area contributed by atoms with Crippen molar-refractivity contribution in [1.29, 1.82) is 5.26 Å². The molecule has 1 rings (SSSR count). The molecule has 0 heterocycles. The van der Waals surface area contributed by atoms with Gasteiger partial charge >= 0.3 is 0 Å². The third-order valence-electron chi connectivity index (χ3n) is 2.86. The first kappa shape index (κ1) is 19.7. The van der Waals surface area contributed by atoms with Gasteiger partial charge < -0.3 is 10.6 Å². The molecule has 0 saturated carbocycles. The summed E-state index contributed by atoms with van der Waals surface area (Å²) in [6.07, 6.45) is 1.13. The Balaban J connectivity index is 0.00000400. The summed E-state index contributed by atoms with van der Waals surface area (Å²) in [4.78, 5) is 4.55. The second kappa shape index (κ2) is 11.4. The van der Waals surface area contributed by atoms with Crippen LogP contribution in [0, 0.1) is 17.2 Å². The van der Waals surface area contributed by atoms with Crippen LogP contribution in [0.3, 0.4) is 0 Å². The molecule has 0 bridgehead atoms. The van der Waals surface area contributed by atoms with Gasteiger partial charge in [-0.25, -0.2) is 4.99 Å². The maximum absolute atomic E-state index is 8.76. The highest BCUT2D eigenvalue weighted by Crippen LogP contribution is 2.04. The van der Waals surface area contributed by atoms with Crippen LogP contribution in [-0.4, -0.2) is 19.0 Å². The lowest BCUT2D eigenvalue weighted by atomic mass is 10.1. The lowest BCUT2D eigenvalue weighted by molar-refractivity contribution is 0.573. The third kappa shape index (κ3) is 8.56.